The van der Waals surface area contributed by atoms with Crippen molar-refractivity contribution in [1.82, 2.24) is 4.90 Å². The van der Waals surface area contributed by atoms with Gasteiger partial charge in [0.2, 0.25) is 0 Å². The van der Waals surface area contributed by atoms with Crippen LogP contribution in [0.4, 0.5) is 0 Å². The molecule has 2 heteroatoms. The van der Waals surface area contributed by atoms with E-state index in [0.29, 0.717) is 0 Å². The molecule has 2 atom stereocenters. The maximum atomic E-state index is 5.51. The van der Waals surface area contributed by atoms with E-state index in [1.165, 1.54) is 50.1 Å². The van der Waals surface area contributed by atoms with Crippen molar-refractivity contribution < 1.29 is 0 Å². The molecule has 2 fully saturated rings. The van der Waals surface area contributed by atoms with Gasteiger partial charge in [0.15, 0.2) is 0 Å². The lowest BCUT2D eigenvalue weighted by Gasteiger charge is -2.33. The normalized spacial score (nSPS) is 31.6. The Balaban J connectivity index is 1.96. The van der Waals surface area contributed by atoms with E-state index in [1.807, 2.05) is 0 Å². The topological polar surface area (TPSA) is 3.24 Å². The molecule has 0 spiro atoms. The standard InChI is InChI=1S/C12H21NS/c1-2-5-12(14)13-9-8-10-6-3-4-7-11(10)13/h10-11H,2-9H2,1H3. The molecule has 2 unspecified atom stereocenters. The highest BCUT2D eigenvalue weighted by Crippen LogP contribution is 2.36. The van der Waals surface area contributed by atoms with Crippen LogP contribution in [-0.2, 0) is 0 Å². The van der Waals surface area contributed by atoms with Gasteiger partial charge in [-0.1, -0.05) is 32.0 Å². The second-order valence-corrected chi connectivity index (χ2v) is 5.21. The van der Waals surface area contributed by atoms with E-state index >= 15 is 0 Å². The van der Waals surface area contributed by atoms with Gasteiger partial charge in [0.1, 0.15) is 0 Å². The van der Waals surface area contributed by atoms with E-state index in [-0.39, 0.29) is 0 Å². The molecule has 1 saturated carbocycles. The minimum atomic E-state index is 0.822. The van der Waals surface area contributed by atoms with E-state index in [1.54, 1.807) is 0 Å². The Labute approximate surface area is 92.9 Å². The molecule has 0 aromatic heterocycles. The first-order valence-corrected chi connectivity index (χ1v) is 6.53. The Hall–Kier alpha value is -0.110. The molecule has 2 rings (SSSR count). The molecule has 0 aromatic carbocycles. The highest BCUT2D eigenvalue weighted by atomic mass is 32.1. The predicted octanol–water partition coefficient (Wildman–Crippen LogP) is 3.38. The largest absolute Gasteiger partial charge is 0.363 e. The zero-order chi connectivity index (χ0) is 9.97. The van der Waals surface area contributed by atoms with Gasteiger partial charge in [-0.05, 0) is 38.0 Å². The summed E-state index contributed by atoms with van der Waals surface area (Å²) in [7, 11) is 0. The summed E-state index contributed by atoms with van der Waals surface area (Å²) in [6.45, 7) is 3.47. The molecule has 1 aliphatic carbocycles. The van der Waals surface area contributed by atoms with E-state index in [9.17, 15) is 0 Å². The molecule has 1 heterocycles. The van der Waals surface area contributed by atoms with E-state index < -0.39 is 0 Å². The summed E-state index contributed by atoms with van der Waals surface area (Å²) in [5, 5.41) is 0. The van der Waals surface area contributed by atoms with Crippen molar-refractivity contribution in [2.75, 3.05) is 6.54 Å². The second-order valence-electron chi connectivity index (χ2n) is 4.74. The van der Waals surface area contributed by atoms with Crippen molar-refractivity contribution in [3.05, 3.63) is 0 Å². The third kappa shape index (κ3) is 1.95. The van der Waals surface area contributed by atoms with Gasteiger partial charge >= 0.3 is 0 Å². The fourth-order valence-corrected chi connectivity index (χ4v) is 3.50. The third-order valence-corrected chi connectivity index (χ3v) is 4.23. The van der Waals surface area contributed by atoms with Crippen LogP contribution >= 0.6 is 12.2 Å². The Bertz CT molecular complexity index is 214. The van der Waals surface area contributed by atoms with Gasteiger partial charge in [0, 0.05) is 12.6 Å². The molecule has 0 N–H and O–H groups in total. The summed E-state index contributed by atoms with van der Waals surface area (Å²) in [6, 6.07) is 0.822. The Morgan fingerprint density at radius 2 is 2.07 bits per heavy atom. The minimum Gasteiger partial charge on any atom is -0.363 e. The summed E-state index contributed by atoms with van der Waals surface area (Å²) in [5.41, 5.74) is 0. The van der Waals surface area contributed by atoms with Crippen LogP contribution in [0.25, 0.3) is 0 Å². The van der Waals surface area contributed by atoms with Gasteiger partial charge in [-0.3, -0.25) is 0 Å². The number of hydrogen-bond donors (Lipinski definition) is 0. The average Bonchev–Trinajstić information content (AvgIpc) is 2.61. The summed E-state index contributed by atoms with van der Waals surface area (Å²) in [5.74, 6) is 0.971. The van der Waals surface area contributed by atoms with Crippen molar-refractivity contribution in [2.24, 2.45) is 5.92 Å². The molecule has 80 valence electrons. The highest BCUT2D eigenvalue weighted by molar-refractivity contribution is 7.80. The Kier molecular flexibility index (Phi) is 3.42. The first kappa shape index (κ1) is 10.4. The molecule has 1 aliphatic heterocycles. The summed E-state index contributed by atoms with van der Waals surface area (Å²) < 4.78 is 0. The van der Waals surface area contributed by atoms with Crippen LogP contribution < -0.4 is 0 Å². The average molecular weight is 211 g/mol. The Morgan fingerprint density at radius 3 is 2.86 bits per heavy atom. The van der Waals surface area contributed by atoms with Crippen LogP contribution in [0, 0.1) is 5.92 Å². The number of fused-ring (bicyclic) bond motifs is 1. The van der Waals surface area contributed by atoms with Gasteiger partial charge in [-0.25, -0.2) is 0 Å². The molecule has 1 saturated heterocycles. The van der Waals surface area contributed by atoms with Crippen LogP contribution in [0.2, 0.25) is 0 Å². The molecule has 0 bridgehead atoms. The molecule has 1 nitrogen and oxygen atoms in total. The SMILES string of the molecule is CCCC(=S)N1CCC2CCCCC21. The molecule has 0 amide bonds. The van der Waals surface area contributed by atoms with E-state index in [2.05, 4.69) is 11.8 Å². The molecular formula is C12H21NS. The monoisotopic (exact) mass is 211 g/mol. The van der Waals surface area contributed by atoms with Crippen LogP contribution in [0.15, 0.2) is 0 Å². The van der Waals surface area contributed by atoms with Crippen LogP contribution in [0.1, 0.15) is 51.9 Å². The molecular weight excluding hydrogens is 190 g/mol. The van der Waals surface area contributed by atoms with E-state index in [0.717, 1.165) is 18.4 Å². The van der Waals surface area contributed by atoms with Gasteiger partial charge in [0.25, 0.3) is 0 Å². The van der Waals surface area contributed by atoms with E-state index in [4.69, 9.17) is 12.2 Å². The minimum absolute atomic E-state index is 0.822. The number of thiocarbonyl (C=S) groups is 1. The quantitative estimate of drug-likeness (QED) is 0.644. The summed E-state index contributed by atoms with van der Waals surface area (Å²) >= 11 is 5.51. The predicted molar refractivity (Wildman–Crippen MR) is 64.6 cm³/mol. The first-order valence-electron chi connectivity index (χ1n) is 6.12. The zero-order valence-corrected chi connectivity index (χ0v) is 9.98. The number of nitrogens with zero attached hydrogens (tertiary/aromatic N) is 1. The number of likely N-dealkylation sites (tertiary alicyclic amines) is 1. The number of hydrogen-bond acceptors (Lipinski definition) is 1. The van der Waals surface area contributed by atoms with Crippen LogP contribution in [-0.4, -0.2) is 22.5 Å². The molecule has 0 radical (unpaired) electrons. The highest BCUT2D eigenvalue weighted by Gasteiger charge is 2.36. The van der Waals surface area contributed by atoms with Crippen molar-refractivity contribution in [3.63, 3.8) is 0 Å². The Morgan fingerprint density at radius 1 is 1.29 bits per heavy atom. The van der Waals surface area contributed by atoms with Gasteiger partial charge < -0.3 is 4.90 Å². The van der Waals surface area contributed by atoms with Crippen molar-refractivity contribution >= 4 is 17.2 Å². The number of rotatable bonds is 2. The lowest BCUT2D eigenvalue weighted by Crippen LogP contribution is -2.38. The fourth-order valence-electron chi connectivity index (χ4n) is 3.07. The summed E-state index contributed by atoms with van der Waals surface area (Å²) in [4.78, 5) is 3.78. The van der Waals surface area contributed by atoms with Crippen molar-refractivity contribution in [2.45, 2.75) is 57.9 Å². The maximum Gasteiger partial charge on any atom is 0.0781 e. The molecule has 0 aromatic rings. The van der Waals surface area contributed by atoms with Gasteiger partial charge in [0.05, 0.1) is 4.99 Å². The van der Waals surface area contributed by atoms with Crippen molar-refractivity contribution in [1.29, 1.82) is 0 Å². The summed E-state index contributed by atoms with van der Waals surface area (Å²) in [6.07, 6.45) is 9.45. The zero-order valence-electron chi connectivity index (χ0n) is 9.17. The first-order chi connectivity index (χ1) is 6.83. The lowest BCUT2D eigenvalue weighted by molar-refractivity contribution is 0.254. The van der Waals surface area contributed by atoms with Crippen LogP contribution in [0.3, 0.4) is 0 Å². The molecule has 2 aliphatic rings. The van der Waals surface area contributed by atoms with Crippen molar-refractivity contribution in [3.8, 4) is 0 Å². The van der Waals surface area contributed by atoms with Gasteiger partial charge in [-0.15, -0.1) is 0 Å². The second kappa shape index (κ2) is 4.61. The molecule has 14 heavy (non-hydrogen) atoms. The van der Waals surface area contributed by atoms with Gasteiger partial charge in [-0.2, -0.15) is 0 Å². The fraction of sp³-hybridized carbons (Fsp3) is 0.917. The smallest absolute Gasteiger partial charge is 0.0781 e. The lowest BCUT2D eigenvalue weighted by atomic mass is 9.85. The maximum absolute atomic E-state index is 5.51. The van der Waals surface area contributed by atoms with Crippen LogP contribution in [0.5, 0.6) is 0 Å². The third-order valence-electron chi connectivity index (χ3n) is 3.79.